The van der Waals surface area contributed by atoms with Crippen molar-refractivity contribution in [1.29, 1.82) is 0 Å². The molecule has 2 aliphatic heterocycles. The van der Waals surface area contributed by atoms with Crippen molar-refractivity contribution in [1.82, 2.24) is 13.9 Å². The first-order chi connectivity index (χ1) is 22.1. The lowest BCUT2D eigenvalue weighted by Gasteiger charge is -2.43. The molecule has 2 saturated heterocycles. The summed E-state index contributed by atoms with van der Waals surface area (Å²) in [7, 11) is -6.13. The maximum atomic E-state index is 14.2. The van der Waals surface area contributed by atoms with Crippen molar-refractivity contribution in [3.63, 3.8) is 0 Å². The van der Waals surface area contributed by atoms with Gasteiger partial charge in [-0.25, -0.2) is 21.6 Å². The van der Waals surface area contributed by atoms with E-state index < -0.39 is 62.6 Å². The molecule has 13 nitrogen and oxygen atoms in total. The van der Waals surface area contributed by atoms with Crippen molar-refractivity contribution in [2.24, 2.45) is 11.3 Å². The highest BCUT2D eigenvalue weighted by atomic mass is 32.2. The fourth-order valence-electron chi connectivity index (χ4n) is 6.38. The van der Waals surface area contributed by atoms with E-state index in [0.717, 1.165) is 16.7 Å². The fraction of sp³-hybridized carbons (Fsp3) is 0.594. The minimum atomic E-state index is -4.21. The number of nitrogens with zero attached hydrogens (tertiary/aromatic N) is 2. The third-order valence-corrected chi connectivity index (χ3v) is 11.3. The molecule has 0 aromatic heterocycles. The minimum Gasteiger partial charge on any atom is -0.530 e. The van der Waals surface area contributed by atoms with Crippen LogP contribution in [-0.4, -0.2) is 108 Å². The molecule has 0 aliphatic carbocycles. The number of methoxy groups -OCH3 is 1. The molecule has 0 spiro atoms. The first-order valence-electron chi connectivity index (χ1n) is 15.6. The first-order valence-corrected chi connectivity index (χ1v) is 19.0. The van der Waals surface area contributed by atoms with Gasteiger partial charge in [-0.05, 0) is 60.9 Å². The molecule has 0 saturated carbocycles. The van der Waals surface area contributed by atoms with E-state index in [1.807, 2.05) is 44.2 Å². The molecule has 0 radical (unpaired) electrons. The predicted molar refractivity (Wildman–Crippen MR) is 172 cm³/mol. The Morgan fingerprint density at radius 2 is 1.79 bits per heavy atom. The molecule has 0 unspecified atom stereocenters. The van der Waals surface area contributed by atoms with Crippen LogP contribution in [0.4, 0.5) is 4.79 Å². The van der Waals surface area contributed by atoms with E-state index >= 15 is 0 Å². The summed E-state index contributed by atoms with van der Waals surface area (Å²) in [6, 6.07) is 13.2. The third-order valence-electron chi connectivity index (χ3n) is 8.75. The van der Waals surface area contributed by atoms with Crippen LogP contribution < -0.4 is 14.6 Å². The molecule has 5 atom stereocenters. The van der Waals surface area contributed by atoms with Gasteiger partial charge in [-0.15, -0.1) is 0 Å². The van der Waals surface area contributed by atoms with Gasteiger partial charge in [-0.3, -0.25) is 0 Å². The number of fused-ring (bicyclic) bond motifs is 1. The summed E-state index contributed by atoms with van der Waals surface area (Å²) in [5, 5.41) is 24.8. The Hall–Kier alpha value is -2.79. The molecule has 1 amide bonds. The van der Waals surface area contributed by atoms with Gasteiger partial charge in [-0.1, -0.05) is 44.2 Å². The molecule has 4 rings (SSSR count). The number of rotatable bonds is 17. The summed E-state index contributed by atoms with van der Waals surface area (Å²) in [5.41, 5.74) is 0.0963. The van der Waals surface area contributed by atoms with Gasteiger partial charge in [-0.2, -0.15) is 4.31 Å². The molecule has 0 bridgehead atoms. The lowest BCUT2D eigenvalue weighted by molar-refractivity contribution is -0.273. The SMILES string of the molecule is COc1ccc(S(=O)(=O)N(C[C@@H](O)[C@H](Cc2ccccc2)N(C(=O)[O-])[C@H]2CO[C@H]3OCC[C@H]32)CC(C)(C)CCCNS(C)(=O)=O)cc1. The molecule has 2 fully saturated rings. The van der Waals surface area contributed by atoms with Crippen LogP contribution in [0.3, 0.4) is 0 Å². The predicted octanol–water partition coefficient (Wildman–Crippen LogP) is 1.42. The summed E-state index contributed by atoms with van der Waals surface area (Å²) < 4.78 is 71.7. The molecular formula is C32H46N3O10S2-. The van der Waals surface area contributed by atoms with Gasteiger partial charge >= 0.3 is 0 Å². The number of ether oxygens (including phenoxy) is 3. The van der Waals surface area contributed by atoms with Gasteiger partial charge < -0.3 is 34.1 Å². The van der Waals surface area contributed by atoms with E-state index in [1.165, 1.54) is 35.7 Å². The Labute approximate surface area is 277 Å². The van der Waals surface area contributed by atoms with E-state index in [0.29, 0.717) is 31.6 Å². The molecule has 2 heterocycles. The second-order valence-corrected chi connectivity index (χ2v) is 16.8. The maximum absolute atomic E-state index is 14.2. The fourth-order valence-corrected chi connectivity index (χ4v) is 8.54. The van der Waals surface area contributed by atoms with E-state index in [2.05, 4.69) is 4.72 Å². The number of nitrogens with one attached hydrogen (secondary N) is 1. The van der Waals surface area contributed by atoms with Crippen molar-refractivity contribution < 1.29 is 46.1 Å². The highest BCUT2D eigenvalue weighted by Gasteiger charge is 2.47. The number of hydrogen-bond acceptors (Lipinski definition) is 10. The van der Waals surface area contributed by atoms with Crippen LogP contribution in [0, 0.1) is 11.3 Å². The number of benzene rings is 2. The molecule has 47 heavy (non-hydrogen) atoms. The topological polar surface area (TPSA) is 175 Å². The zero-order chi connectivity index (χ0) is 34.4. The van der Waals surface area contributed by atoms with E-state index in [1.54, 1.807) is 0 Å². The minimum absolute atomic E-state index is 0.0217. The van der Waals surface area contributed by atoms with Gasteiger partial charge in [0.05, 0.1) is 49.7 Å². The number of amides is 1. The summed E-state index contributed by atoms with van der Waals surface area (Å²) in [6.45, 7) is 3.93. The van der Waals surface area contributed by atoms with Crippen LogP contribution in [0.1, 0.15) is 38.7 Å². The Bertz CT molecular complexity index is 1540. The van der Waals surface area contributed by atoms with E-state index in [9.17, 15) is 31.8 Å². The number of aliphatic hydroxyl groups is 1. The molecule has 2 aromatic carbocycles. The Morgan fingerprint density at radius 1 is 1.11 bits per heavy atom. The van der Waals surface area contributed by atoms with E-state index in [-0.39, 0.29) is 36.9 Å². The average Bonchev–Trinajstić information content (AvgIpc) is 3.64. The number of aliphatic hydroxyl groups excluding tert-OH is 1. The highest BCUT2D eigenvalue weighted by molar-refractivity contribution is 7.89. The number of carboxylic acid groups (broad SMARTS) is 1. The average molecular weight is 697 g/mol. The zero-order valence-corrected chi connectivity index (χ0v) is 28.9. The van der Waals surface area contributed by atoms with Crippen LogP contribution in [0.15, 0.2) is 59.5 Å². The van der Waals surface area contributed by atoms with Gasteiger partial charge in [0.2, 0.25) is 20.0 Å². The van der Waals surface area contributed by atoms with Crippen molar-refractivity contribution in [2.75, 3.05) is 46.2 Å². The van der Waals surface area contributed by atoms with Gasteiger partial charge in [0.15, 0.2) is 6.29 Å². The lowest BCUT2D eigenvalue weighted by atomic mass is 9.87. The van der Waals surface area contributed by atoms with Crippen molar-refractivity contribution in [3.8, 4) is 5.75 Å². The van der Waals surface area contributed by atoms with Gasteiger partial charge in [0, 0.05) is 25.6 Å². The quantitative estimate of drug-likeness (QED) is 0.230. The van der Waals surface area contributed by atoms with Gasteiger partial charge in [0.1, 0.15) is 11.8 Å². The van der Waals surface area contributed by atoms with Gasteiger partial charge in [0.25, 0.3) is 0 Å². The van der Waals surface area contributed by atoms with Crippen molar-refractivity contribution in [2.45, 2.75) is 68.9 Å². The monoisotopic (exact) mass is 696 g/mol. The molecular weight excluding hydrogens is 650 g/mol. The van der Waals surface area contributed by atoms with Crippen LogP contribution in [0.2, 0.25) is 0 Å². The number of carbonyl (C=O) groups is 1. The highest BCUT2D eigenvalue weighted by Crippen LogP contribution is 2.36. The first kappa shape index (κ1) is 37.0. The Balaban J connectivity index is 1.67. The molecule has 15 heteroatoms. The molecule has 2 aromatic rings. The van der Waals surface area contributed by atoms with Crippen LogP contribution in [-0.2, 0) is 35.9 Å². The van der Waals surface area contributed by atoms with Crippen LogP contribution in [0.5, 0.6) is 5.75 Å². The Morgan fingerprint density at radius 3 is 2.40 bits per heavy atom. The summed E-state index contributed by atoms with van der Waals surface area (Å²) in [5.74, 6) is 0.215. The van der Waals surface area contributed by atoms with E-state index in [4.69, 9.17) is 14.2 Å². The van der Waals surface area contributed by atoms with Crippen LogP contribution in [0.25, 0.3) is 0 Å². The molecule has 262 valence electrons. The lowest BCUT2D eigenvalue weighted by Crippen LogP contribution is -2.61. The van der Waals surface area contributed by atoms with Crippen molar-refractivity contribution >= 4 is 26.1 Å². The summed E-state index contributed by atoms with van der Waals surface area (Å²) in [4.78, 5) is 13.9. The second kappa shape index (κ2) is 15.6. The third kappa shape index (κ3) is 9.87. The van der Waals surface area contributed by atoms with Crippen molar-refractivity contribution in [3.05, 3.63) is 60.2 Å². The zero-order valence-electron chi connectivity index (χ0n) is 27.3. The Kier molecular flexibility index (Phi) is 12.3. The summed E-state index contributed by atoms with van der Waals surface area (Å²) in [6.07, 6.45) is -0.861. The largest absolute Gasteiger partial charge is 0.530 e. The maximum Gasteiger partial charge on any atom is 0.243 e. The number of hydrogen-bond donors (Lipinski definition) is 2. The molecule has 2 N–H and O–H groups in total. The molecule has 2 aliphatic rings. The summed E-state index contributed by atoms with van der Waals surface area (Å²) >= 11 is 0. The number of carbonyl (C=O) groups excluding carboxylic acids is 1. The standard InChI is InChI=1S/C32H47N3O10S2/c1-32(2,16-8-17-33-46(4,39)40)22-34(47(41,42)25-13-11-24(43-3)12-14-25)20-29(36)27(19-23-9-6-5-7-10-23)35(31(37)38)28-21-45-30-26(28)15-18-44-30/h5-7,9-14,26-30,33,36H,8,15-22H2,1-4H3,(H,37,38)/p-1/t26-,27-,28-,29+,30+/m0/s1. The normalized spacial score (nSPS) is 21.4. The smallest absolute Gasteiger partial charge is 0.243 e. The second-order valence-electron chi connectivity index (χ2n) is 13.0. The number of sulfonamides is 2. The van der Waals surface area contributed by atoms with Crippen LogP contribution >= 0.6 is 0 Å².